The lowest BCUT2D eigenvalue weighted by molar-refractivity contribution is -0.120. The number of nitrogens with zero attached hydrogens (tertiary/aromatic N) is 1. The number of anilines is 2. The zero-order valence-corrected chi connectivity index (χ0v) is 17.3. The second-order valence-electron chi connectivity index (χ2n) is 6.82. The molecule has 3 aromatic rings. The van der Waals surface area contributed by atoms with Gasteiger partial charge in [0, 0.05) is 11.8 Å². The van der Waals surface area contributed by atoms with Gasteiger partial charge >= 0.3 is 0 Å². The Balaban J connectivity index is 1.81. The molecule has 1 aliphatic heterocycles. The lowest BCUT2D eigenvalue weighted by atomic mass is 10.0. The van der Waals surface area contributed by atoms with E-state index >= 15 is 0 Å². The van der Waals surface area contributed by atoms with Crippen molar-refractivity contribution in [1.82, 2.24) is 0 Å². The first-order valence-electron chi connectivity index (χ1n) is 9.95. The van der Waals surface area contributed by atoms with Crippen LogP contribution in [-0.4, -0.2) is 25.5 Å². The van der Waals surface area contributed by atoms with Gasteiger partial charge in [-0.3, -0.25) is 9.59 Å². The molecule has 1 heterocycles. The Morgan fingerprint density at radius 3 is 2.35 bits per heavy atom. The van der Waals surface area contributed by atoms with Crippen molar-refractivity contribution in [1.29, 1.82) is 0 Å². The molecule has 1 aliphatic rings. The van der Waals surface area contributed by atoms with Gasteiger partial charge in [0.1, 0.15) is 17.2 Å². The van der Waals surface area contributed by atoms with Crippen molar-refractivity contribution in [3.63, 3.8) is 0 Å². The molecule has 0 spiro atoms. The number of amides is 2. The van der Waals surface area contributed by atoms with Crippen LogP contribution in [0.2, 0.25) is 0 Å². The molecule has 1 N–H and O–H groups in total. The van der Waals surface area contributed by atoms with Crippen LogP contribution in [0.25, 0.3) is 5.57 Å². The Hall–Kier alpha value is -4.06. The number of imide groups is 1. The van der Waals surface area contributed by atoms with Crippen LogP contribution >= 0.6 is 0 Å². The summed E-state index contributed by atoms with van der Waals surface area (Å²) in [7, 11) is 1.57. The van der Waals surface area contributed by atoms with Gasteiger partial charge in [-0.1, -0.05) is 48.5 Å². The number of rotatable bonds is 7. The fourth-order valence-corrected chi connectivity index (χ4v) is 3.50. The number of hydrogen-bond acceptors (Lipinski definition) is 5. The minimum atomic E-state index is -0.446. The zero-order valence-electron chi connectivity index (χ0n) is 17.3. The van der Waals surface area contributed by atoms with Gasteiger partial charge in [0.2, 0.25) is 0 Å². The normalized spacial score (nSPS) is 13.5. The Kier molecular flexibility index (Phi) is 5.71. The molecule has 6 nitrogen and oxygen atoms in total. The number of nitrogens with one attached hydrogen (secondary N) is 1. The van der Waals surface area contributed by atoms with Crippen LogP contribution in [0.5, 0.6) is 11.5 Å². The molecule has 0 radical (unpaired) electrons. The molecule has 4 rings (SSSR count). The Morgan fingerprint density at radius 1 is 0.871 bits per heavy atom. The predicted molar refractivity (Wildman–Crippen MR) is 120 cm³/mol. The van der Waals surface area contributed by atoms with Crippen LogP contribution in [0.4, 0.5) is 11.4 Å². The highest BCUT2D eigenvalue weighted by Crippen LogP contribution is 2.38. The summed E-state index contributed by atoms with van der Waals surface area (Å²) in [5, 5.41) is 3.14. The molecule has 0 fully saturated rings. The Labute approximate surface area is 180 Å². The first-order valence-corrected chi connectivity index (χ1v) is 9.95. The van der Waals surface area contributed by atoms with Gasteiger partial charge in [-0.2, -0.15) is 0 Å². The van der Waals surface area contributed by atoms with Crippen LogP contribution in [-0.2, 0) is 9.59 Å². The van der Waals surface area contributed by atoms with E-state index in [0.717, 1.165) is 4.90 Å². The average Bonchev–Trinajstić information content (AvgIpc) is 3.04. The lowest BCUT2D eigenvalue weighted by Gasteiger charge is -2.19. The molecule has 0 saturated heterocycles. The summed E-state index contributed by atoms with van der Waals surface area (Å²) in [6.45, 7) is 2.27. The van der Waals surface area contributed by atoms with Gasteiger partial charge in [-0.15, -0.1) is 0 Å². The molecule has 0 atom stereocenters. The SMILES string of the molecule is CCOc1ccccc1N1C(=O)C(Nc2cccc(OC)c2)=C(c2ccccc2)C1=O. The molecule has 156 valence electrons. The van der Waals surface area contributed by atoms with Gasteiger partial charge < -0.3 is 14.8 Å². The van der Waals surface area contributed by atoms with Crippen molar-refractivity contribution in [2.24, 2.45) is 0 Å². The van der Waals surface area contributed by atoms with E-state index in [4.69, 9.17) is 9.47 Å². The summed E-state index contributed by atoms with van der Waals surface area (Å²) < 4.78 is 10.9. The van der Waals surface area contributed by atoms with Gasteiger partial charge in [0.25, 0.3) is 11.8 Å². The zero-order chi connectivity index (χ0) is 21.8. The number of para-hydroxylation sites is 2. The third kappa shape index (κ3) is 3.88. The minimum Gasteiger partial charge on any atom is -0.497 e. The van der Waals surface area contributed by atoms with Crippen molar-refractivity contribution in [3.05, 3.63) is 90.1 Å². The monoisotopic (exact) mass is 414 g/mol. The summed E-state index contributed by atoms with van der Waals surface area (Å²) in [5.41, 5.74) is 2.22. The van der Waals surface area contributed by atoms with Crippen molar-refractivity contribution in [2.75, 3.05) is 23.9 Å². The largest absolute Gasteiger partial charge is 0.497 e. The van der Waals surface area contributed by atoms with Crippen LogP contribution < -0.4 is 19.7 Å². The number of ether oxygens (including phenoxy) is 2. The third-order valence-electron chi connectivity index (χ3n) is 4.89. The first kappa shape index (κ1) is 20.2. The van der Waals surface area contributed by atoms with E-state index in [1.54, 1.807) is 37.4 Å². The second kappa shape index (κ2) is 8.75. The molecule has 0 bridgehead atoms. The first-order chi connectivity index (χ1) is 15.1. The summed E-state index contributed by atoms with van der Waals surface area (Å²) in [6.07, 6.45) is 0. The van der Waals surface area contributed by atoms with Gasteiger partial charge in [-0.05, 0) is 36.8 Å². The third-order valence-corrected chi connectivity index (χ3v) is 4.89. The number of hydrogen-bond donors (Lipinski definition) is 1. The van der Waals surface area contributed by atoms with Crippen molar-refractivity contribution in [3.8, 4) is 11.5 Å². The van der Waals surface area contributed by atoms with E-state index in [1.165, 1.54) is 0 Å². The average molecular weight is 414 g/mol. The van der Waals surface area contributed by atoms with E-state index in [2.05, 4.69) is 5.32 Å². The van der Waals surface area contributed by atoms with Crippen molar-refractivity contribution in [2.45, 2.75) is 6.92 Å². The standard InChI is InChI=1S/C25H22N2O4/c1-3-31-21-15-8-7-14-20(21)27-24(28)22(17-10-5-4-6-11-17)23(25(27)29)26-18-12-9-13-19(16-18)30-2/h4-16,26H,3H2,1-2H3. The molecule has 0 saturated carbocycles. The highest BCUT2D eigenvalue weighted by molar-refractivity contribution is 6.46. The predicted octanol–water partition coefficient (Wildman–Crippen LogP) is 4.49. The minimum absolute atomic E-state index is 0.204. The molecular formula is C25H22N2O4. The highest BCUT2D eigenvalue weighted by Gasteiger charge is 2.41. The van der Waals surface area contributed by atoms with Gasteiger partial charge in [0.15, 0.2) is 0 Å². The topological polar surface area (TPSA) is 67.9 Å². The van der Waals surface area contributed by atoms with Crippen molar-refractivity contribution >= 4 is 28.8 Å². The van der Waals surface area contributed by atoms with E-state index in [9.17, 15) is 9.59 Å². The summed E-state index contributed by atoms with van der Waals surface area (Å²) in [5.74, 6) is 0.261. The summed E-state index contributed by atoms with van der Waals surface area (Å²) in [6, 6.07) is 23.4. The quantitative estimate of drug-likeness (QED) is 0.577. The highest BCUT2D eigenvalue weighted by atomic mass is 16.5. The van der Waals surface area contributed by atoms with Gasteiger partial charge in [0.05, 0.1) is 25.0 Å². The van der Waals surface area contributed by atoms with E-state index < -0.39 is 11.8 Å². The molecule has 0 unspecified atom stereocenters. The number of carbonyl (C=O) groups excluding carboxylic acids is 2. The molecule has 0 aliphatic carbocycles. The Morgan fingerprint density at radius 2 is 1.61 bits per heavy atom. The summed E-state index contributed by atoms with van der Waals surface area (Å²) in [4.78, 5) is 28.2. The molecular weight excluding hydrogens is 392 g/mol. The van der Waals surface area contributed by atoms with E-state index in [0.29, 0.717) is 40.6 Å². The van der Waals surface area contributed by atoms with Crippen molar-refractivity contribution < 1.29 is 19.1 Å². The molecule has 2 amide bonds. The van der Waals surface area contributed by atoms with Crippen LogP contribution in [0.15, 0.2) is 84.6 Å². The van der Waals surface area contributed by atoms with Crippen LogP contribution in [0, 0.1) is 0 Å². The fraction of sp³-hybridized carbons (Fsp3) is 0.120. The molecule has 6 heteroatoms. The van der Waals surface area contributed by atoms with E-state index in [-0.39, 0.29) is 5.70 Å². The van der Waals surface area contributed by atoms with Crippen LogP contribution in [0.3, 0.4) is 0 Å². The smallest absolute Gasteiger partial charge is 0.282 e. The second-order valence-corrected chi connectivity index (χ2v) is 6.82. The van der Waals surface area contributed by atoms with Crippen LogP contribution in [0.1, 0.15) is 12.5 Å². The number of carbonyl (C=O) groups is 2. The molecule has 3 aromatic carbocycles. The maximum Gasteiger partial charge on any atom is 0.282 e. The number of benzene rings is 3. The maximum absolute atomic E-state index is 13.5. The van der Waals surface area contributed by atoms with Gasteiger partial charge in [-0.25, -0.2) is 4.90 Å². The number of methoxy groups -OCH3 is 1. The lowest BCUT2D eigenvalue weighted by Crippen LogP contribution is -2.32. The summed E-state index contributed by atoms with van der Waals surface area (Å²) >= 11 is 0. The molecule has 31 heavy (non-hydrogen) atoms. The maximum atomic E-state index is 13.5. The van der Waals surface area contributed by atoms with E-state index in [1.807, 2.05) is 55.5 Å². The Bertz CT molecular complexity index is 1150. The fourth-order valence-electron chi connectivity index (χ4n) is 3.50. The molecule has 0 aromatic heterocycles.